The van der Waals surface area contributed by atoms with Crippen molar-refractivity contribution in [1.29, 1.82) is 0 Å². The number of rotatable bonds is 7. The van der Waals surface area contributed by atoms with Crippen LogP contribution < -0.4 is 10.9 Å². The second kappa shape index (κ2) is 9.21. The molecule has 7 heteroatoms. The number of fused-ring (bicyclic) bond motifs is 1. The third kappa shape index (κ3) is 4.95. The van der Waals surface area contributed by atoms with Gasteiger partial charge in [0, 0.05) is 12.6 Å². The minimum Gasteiger partial charge on any atom is -0.351 e. The molecule has 1 N–H and O–H groups in total. The number of carbonyl (C=O) groups is 1. The van der Waals surface area contributed by atoms with Gasteiger partial charge >= 0.3 is 0 Å². The van der Waals surface area contributed by atoms with E-state index in [2.05, 4.69) is 21.5 Å². The van der Waals surface area contributed by atoms with E-state index in [4.69, 9.17) is 0 Å². The first-order valence-corrected chi connectivity index (χ1v) is 10.1. The van der Waals surface area contributed by atoms with Gasteiger partial charge in [-0.2, -0.15) is 5.10 Å². The number of benzene rings is 2. The number of aryl methyl sites for hydroxylation is 1. The molecule has 0 aliphatic heterocycles. The molecule has 7 nitrogen and oxygen atoms in total. The summed E-state index contributed by atoms with van der Waals surface area (Å²) in [7, 11) is 0. The molecule has 4 rings (SSSR count). The maximum absolute atomic E-state index is 12.8. The zero-order valence-electron chi connectivity index (χ0n) is 17.2. The van der Waals surface area contributed by atoms with Gasteiger partial charge in [-0.3, -0.25) is 14.2 Å². The quantitative estimate of drug-likeness (QED) is 0.473. The van der Waals surface area contributed by atoms with Crippen molar-refractivity contribution < 1.29 is 4.79 Å². The highest BCUT2D eigenvalue weighted by Crippen LogP contribution is 2.08. The number of aromatic nitrogens is 4. The molecule has 0 unspecified atom stereocenters. The number of amides is 1. The highest BCUT2D eigenvalue weighted by molar-refractivity contribution is 5.91. The molecule has 4 aromatic rings. The van der Waals surface area contributed by atoms with E-state index in [1.165, 1.54) is 12.3 Å². The number of carbonyl (C=O) groups excluding carboxylic acids is 1. The van der Waals surface area contributed by atoms with E-state index in [-0.39, 0.29) is 11.5 Å². The average Bonchev–Trinajstić information content (AvgIpc) is 3.19. The maximum atomic E-state index is 12.8. The van der Waals surface area contributed by atoms with Gasteiger partial charge in [0.05, 0.1) is 19.3 Å². The molecule has 1 amide bonds. The van der Waals surface area contributed by atoms with Gasteiger partial charge in [-0.15, -0.1) is 0 Å². The van der Waals surface area contributed by atoms with Crippen molar-refractivity contribution in [2.75, 3.05) is 6.54 Å². The summed E-state index contributed by atoms with van der Waals surface area (Å²) < 4.78 is 3.22. The second-order valence-electron chi connectivity index (χ2n) is 7.31. The topological polar surface area (TPSA) is 81.8 Å². The second-order valence-corrected chi connectivity index (χ2v) is 7.31. The highest BCUT2D eigenvalue weighted by Gasteiger charge is 2.10. The Labute approximate surface area is 179 Å². The van der Waals surface area contributed by atoms with E-state index in [1.54, 1.807) is 21.7 Å². The largest absolute Gasteiger partial charge is 0.351 e. The molecule has 0 aliphatic carbocycles. The maximum Gasteiger partial charge on any atom is 0.264 e. The van der Waals surface area contributed by atoms with Gasteiger partial charge in [-0.25, -0.2) is 9.67 Å². The van der Waals surface area contributed by atoms with E-state index in [9.17, 15) is 9.59 Å². The zero-order valence-corrected chi connectivity index (χ0v) is 17.2. The van der Waals surface area contributed by atoms with E-state index < -0.39 is 0 Å². The summed E-state index contributed by atoms with van der Waals surface area (Å²) in [4.78, 5) is 29.3. The minimum atomic E-state index is -0.186. The summed E-state index contributed by atoms with van der Waals surface area (Å²) in [5, 5.41) is 7.57. The van der Waals surface area contributed by atoms with Crippen LogP contribution >= 0.6 is 0 Å². The minimum absolute atomic E-state index is 0.132. The van der Waals surface area contributed by atoms with Crippen LogP contribution in [-0.2, 0) is 17.9 Å². The number of hydrogen-bond donors (Lipinski definition) is 1. The molecule has 0 spiro atoms. The van der Waals surface area contributed by atoms with E-state index >= 15 is 0 Å². The Morgan fingerprint density at radius 2 is 1.97 bits per heavy atom. The lowest BCUT2D eigenvalue weighted by Crippen LogP contribution is -2.26. The lowest BCUT2D eigenvalue weighted by Gasteiger charge is -2.07. The molecule has 0 bridgehead atoms. The molecule has 2 aromatic heterocycles. The van der Waals surface area contributed by atoms with Crippen LogP contribution in [0.5, 0.6) is 0 Å². The molecule has 2 heterocycles. The van der Waals surface area contributed by atoms with Crippen molar-refractivity contribution >= 4 is 23.0 Å². The molecule has 156 valence electrons. The number of nitrogens with zero attached hydrogens (tertiary/aromatic N) is 4. The summed E-state index contributed by atoms with van der Waals surface area (Å²) in [6, 6.07) is 17.7. The molecule has 0 atom stereocenters. The van der Waals surface area contributed by atoms with Crippen LogP contribution in [-0.4, -0.2) is 31.8 Å². The van der Waals surface area contributed by atoms with Gasteiger partial charge in [0.2, 0.25) is 5.91 Å². The lowest BCUT2D eigenvalue weighted by molar-refractivity contribution is -0.116. The van der Waals surface area contributed by atoms with Crippen LogP contribution in [0.4, 0.5) is 0 Å². The molecule has 0 saturated carbocycles. The van der Waals surface area contributed by atoms with Crippen molar-refractivity contribution in [3.05, 3.63) is 100 Å². The fourth-order valence-electron chi connectivity index (χ4n) is 3.36. The van der Waals surface area contributed by atoms with E-state index in [0.717, 1.165) is 16.7 Å². The van der Waals surface area contributed by atoms with Crippen LogP contribution in [0, 0.1) is 6.92 Å². The Hall–Kier alpha value is -4.00. The van der Waals surface area contributed by atoms with E-state index in [0.29, 0.717) is 30.7 Å². The molecule has 2 aromatic carbocycles. The molecule has 0 fully saturated rings. The van der Waals surface area contributed by atoms with Crippen molar-refractivity contribution in [2.45, 2.75) is 20.0 Å². The molecule has 0 aliphatic rings. The fraction of sp³-hybridized carbons (Fsp3) is 0.167. The highest BCUT2D eigenvalue weighted by atomic mass is 16.1. The molecular formula is C24H23N5O2. The van der Waals surface area contributed by atoms with Gasteiger partial charge < -0.3 is 5.32 Å². The van der Waals surface area contributed by atoms with Gasteiger partial charge in [0.1, 0.15) is 11.7 Å². The van der Waals surface area contributed by atoms with Gasteiger partial charge in [-0.1, -0.05) is 60.2 Å². The van der Waals surface area contributed by atoms with Crippen molar-refractivity contribution in [2.24, 2.45) is 0 Å². The lowest BCUT2D eigenvalue weighted by atomic mass is 10.1. The van der Waals surface area contributed by atoms with Crippen LogP contribution in [0.15, 0.2) is 78.0 Å². The Morgan fingerprint density at radius 3 is 2.77 bits per heavy atom. The van der Waals surface area contributed by atoms with Crippen LogP contribution in [0.2, 0.25) is 0 Å². The summed E-state index contributed by atoms with van der Waals surface area (Å²) in [6.45, 7) is 3.28. The summed E-state index contributed by atoms with van der Waals surface area (Å²) in [6.07, 6.45) is 6.34. The SMILES string of the molecule is Cc1cccc(Cn2cnc3c(cnn3CCNC(=O)/C=C\c3ccccc3)c2=O)c1. The molecule has 0 radical (unpaired) electrons. The fourth-order valence-corrected chi connectivity index (χ4v) is 3.36. The first-order chi connectivity index (χ1) is 15.1. The zero-order chi connectivity index (χ0) is 21.6. The first kappa shape index (κ1) is 20.3. The standard InChI is InChI=1S/C24H23N5O2/c1-18-6-5-9-20(14-18)16-28-17-26-23-21(24(28)31)15-27-29(23)13-12-25-22(30)11-10-19-7-3-2-4-8-19/h2-11,14-15,17H,12-13,16H2,1H3,(H,25,30)/b11-10-. The van der Waals surface area contributed by atoms with E-state index in [1.807, 2.05) is 55.5 Å². The Morgan fingerprint density at radius 1 is 1.13 bits per heavy atom. The van der Waals surface area contributed by atoms with Gasteiger partial charge in [0.25, 0.3) is 5.56 Å². The molecular weight excluding hydrogens is 390 g/mol. The van der Waals surface area contributed by atoms with Crippen LogP contribution in [0.25, 0.3) is 17.1 Å². The van der Waals surface area contributed by atoms with Crippen LogP contribution in [0.3, 0.4) is 0 Å². The molecule has 0 saturated heterocycles. The van der Waals surface area contributed by atoms with Gasteiger partial charge in [-0.05, 0) is 24.1 Å². The van der Waals surface area contributed by atoms with Crippen molar-refractivity contribution in [3.8, 4) is 0 Å². The number of hydrogen-bond acceptors (Lipinski definition) is 4. The van der Waals surface area contributed by atoms with Gasteiger partial charge in [0.15, 0.2) is 5.65 Å². The third-order valence-electron chi connectivity index (χ3n) is 4.91. The summed E-state index contributed by atoms with van der Waals surface area (Å²) >= 11 is 0. The summed E-state index contributed by atoms with van der Waals surface area (Å²) in [5.74, 6) is -0.186. The Kier molecular flexibility index (Phi) is 6.03. The van der Waals surface area contributed by atoms with Crippen molar-refractivity contribution in [1.82, 2.24) is 24.6 Å². The van der Waals surface area contributed by atoms with Crippen molar-refractivity contribution in [3.63, 3.8) is 0 Å². The van der Waals surface area contributed by atoms with Crippen LogP contribution in [0.1, 0.15) is 16.7 Å². The smallest absolute Gasteiger partial charge is 0.264 e. The number of nitrogens with one attached hydrogen (secondary N) is 1. The Bertz CT molecular complexity index is 1290. The molecule has 31 heavy (non-hydrogen) atoms. The monoisotopic (exact) mass is 413 g/mol. The average molecular weight is 413 g/mol. The summed E-state index contributed by atoms with van der Waals surface area (Å²) in [5.41, 5.74) is 3.53. The third-order valence-corrected chi connectivity index (χ3v) is 4.91. The predicted molar refractivity (Wildman–Crippen MR) is 121 cm³/mol. The predicted octanol–water partition coefficient (Wildman–Crippen LogP) is 2.78. The normalized spacial score (nSPS) is 11.3. The Balaban J connectivity index is 1.40. The first-order valence-electron chi connectivity index (χ1n) is 10.1.